The zero-order valence-corrected chi connectivity index (χ0v) is 79.0. The number of aliphatic hydroxyl groups is 3. The average molecular weight is 1630 g/mol. The van der Waals surface area contributed by atoms with E-state index in [1.807, 2.05) is 96.3 Å². The number of carbonyl (C=O) groups is 4. The number of aromatic nitrogens is 3. The summed E-state index contributed by atoms with van der Waals surface area (Å²) in [4.78, 5) is 62.5. The van der Waals surface area contributed by atoms with Gasteiger partial charge in [-0.25, -0.2) is 24.5 Å². The van der Waals surface area contributed by atoms with Gasteiger partial charge < -0.3 is 39.6 Å². The standard InChI is InChI=1S/C27H42N2O5S.C21H35NO3S2.C14H27ClO2.C14H30.C7H9NOS2.2C2H6/c1-15-9-8-10-27(7)22(34-27)12-20(16(2)11-19-14-35-18(4)28-19)29-23(31)13-21(30)26(5,6)25(33)17(3)24(15)32;1-15(20(3,4)5)18(16(2)21(6,7)8)25-19(23)24-13-14-26-27-17-11-9-10-12-22-17;1-9(13(3,4)5)11(17-12(15)16)10(2)14(6,7)8;1-10(11(2)13(4,5)6)12(3)14(7,8)9;9-5-6-10-11-7-3-1-2-4-8-7;2*1-2/h11,14-15,17,20-22,24,30,32H,8-10,12-13H2,1-7H3,(H,29,31);9-12,15-16,18H,13-14H2,1-8H3;9-11H,1-8H3;10-12H,1-9H3;1-4,9H,5-6H2;2*1-2H3/b16-11+;;;;;;/t15-,17+,20-,21-,22?,24-,27+;15-,16-;9-,10?,11?;10?,11-,12?;;;/m0111.../s1. The monoisotopic (exact) mass is 1630 g/mol. The van der Waals surface area contributed by atoms with Gasteiger partial charge in [0, 0.05) is 53.2 Å². The molecule has 626 valence electrons. The van der Waals surface area contributed by atoms with Gasteiger partial charge in [0.2, 0.25) is 5.91 Å². The number of rotatable bonds is 19. The van der Waals surface area contributed by atoms with Gasteiger partial charge in [0.25, 0.3) is 0 Å². The normalized spacial score (nSPS) is 22.5. The Morgan fingerprint density at radius 3 is 1.49 bits per heavy atom. The molecule has 1 amide bonds. The molecule has 3 aromatic heterocycles. The first-order chi connectivity index (χ1) is 49.4. The van der Waals surface area contributed by atoms with Crippen molar-refractivity contribution in [2.75, 3.05) is 24.7 Å². The molecule has 0 aliphatic carbocycles. The lowest BCUT2D eigenvalue weighted by molar-refractivity contribution is -0.143. The van der Waals surface area contributed by atoms with Crippen molar-refractivity contribution in [2.45, 2.75) is 334 Å². The first kappa shape index (κ1) is 107. The molecule has 0 spiro atoms. The lowest BCUT2D eigenvalue weighted by atomic mass is 9.65. The third-order valence-electron chi connectivity index (χ3n) is 22.4. The second-order valence-corrected chi connectivity index (χ2v) is 42.8. The predicted octanol–water partition coefficient (Wildman–Crippen LogP) is 24.7. The van der Waals surface area contributed by atoms with Crippen LogP contribution in [0.5, 0.6) is 0 Å². The molecule has 21 heteroatoms. The first-order valence-corrected chi connectivity index (χ1v) is 45.5. The van der Waals surface area contributed by atoms with E-state index in [4.69, 9.17) is 35.7 Å². The number of pyridine rings is 2. The van der Waals surface area contributed by atoms with E-state index >= 15 is 0 Å². The number of hydrogen-bond donors (Lipinski definition) is 4. The molecule has 0 bridgehead atoms. The number of Topliss-reactive ketones (excluding diaryl/α,β-unsaturated/α-hetero) is 1. The SMILES string of the molecule is C/C(=C\c1csc(C)n1)[C@@H]1CC2O[C@]2(C)CCC[C@H](C)[C@H](O)[C@@H](C)C(=O)C(C)(C)[C@@H](O)CC(=O)N1.CC.CC.CC(C(C)C(C)(C)C)[C@@H](C)C(C)(C)C.CC(C(OC(=O)Cl)[C@@H](C)C(C)(C)C)C(C)(C)C.C[C@H](C(OC(=O)OCCSSc1ccccn1)[C@@H](C)C(C)(C)C)C(C)(C)C.OCCSSc1ccccn1. The Morgan fingerprint density at radius 2 is 1.11 bits per heavy atom. The van der Waals surface area contributed by atoms with Crippen molar-refractivity contribution < 1.29 is 53.4 Å². The largest absolute Gasteiger partial charge is 0.508 e. The minimum atomic E-state index is -1.17. The maximum absolute atomic E-state index is 13.2. The molecule has 5 rings (SSSR count). The van der Waals surface area contributed by atoms with E-state index in [-0.39, 0.29) is 106 Å². The highest BCUT2D eigenvalue weighted by Crippen LogP contribution is 2.47. The summed E-state index contributed by atoms with van der Waals surface area (Å²) in [5.74, 6) is 3.47. The van der Waals surface area contributed by atoms with E-state index in [0.717, 1.165) is 69.1 Å². The van der Waals surface area contributed by atoms with Gasteiger partial charge in [0.05, 0.1) is 59.1 Å². The molecule has 2 saturated heterocycles. The molecule has 15 nitrogen and oxygen atoms in total. The third kappa shape index (κ3) is 40.4. The number of carbonyl (C=O) groups excluding carboxylic acids is 4. The molecule has 0 radical (unpaired) electrons. The fourth-order valence-electron chi connectivity index (χ4n) is 11.9. The molecule has 0 aromatic carbocycles. The Labute approximate surface area is 684 Å². The minimum Gasteiger partial charge on any atom is -0.450 e. The second-order valence-electron chi connectivity index (χ2n) is 36.6. The molecule has 2 aliphatic heterocycles. The molecule has 5 heterocycles. The molecule has 4 N–H and O–H groups in total. The molecule has 108 heavy (non-hydrogen) atoms. The zero-order valence-electron chi connectivity index (χ0n) is 74.2. The van der Waals surface area contributed by atoms with E-state index < -0.39 is 35.1 Å². The highest BCUT2D eigenvalue weighted by molar-refractivity contribution is 8.77. The maximum atomic E-state index is 13.2. The van der Waals surface area contributed by atoms with Crippen LogP contribution < -0.4 is 5.32 Å². The van der Waals surface area contributed by atoms with Gasteiger partial charge in [-0.1, -0.05) is 269 Å². The molecule has 3 aromatic rings. The van der Waals surface area contributed by atoms with E-state index in [2.05, 4.69) is 200 Å². The number of aryl methyl sites for hydroxylation is 1. The minimum absolute atomic E-state index is 0.0170. The van der Waals surface area contributed by atoms with Crippen LogP contribution in [0.25, 0.3) is 6.08 Å². The molecule has 0 saturated carbocycles. The summed E-state index contributed by atoms with van der Waals surface area (Å²) in [6, 6.07) is 11.3. The lowest BCUT2D eigenvalue weighted by Gasteiger charge is -2.41. The zero-order chi connectivity index (χ0) is 84.5. The molecule has 15 atom stereocenters. The number of amides is 1. The Kier molecular flexibility index (Phi) is 49.4. The molecular formula is C87H155ClN4O11S5. The van der Waals surface area contributed by atoms with Crippen LogP contribution in [0.2, 0.25) is 0 Å². The number of nitrogens with one attached hydrogen (secondary N) is 1. The van der Waals surface area contributed by atoms with Gasteiger partial charge in [-0.3, -0.25) is 9.59 Å². The number of hydrogen-bond acceptors (Lipinski definition) is 19. The van der Waals surface area contributed by atoms with Gasteiger partial charge >= 0.3 is 11.6 Å². The van der Waals surface area contributed by atoms with Crippen molar-refractivity contribution in [3.8, 4) is 0 Å². The van der Waals surface area contributed by atoms with Crippen molar-refractivity contribution in [3.05, 3.63) is 70.4 Å². The Balaban J connectivity index is 0. The molecule has 5 unspecified atom stereocenters. The number of epoxide rings is 1. The van der Waals surface area contributed by atoms with Crippen LogP contribution in [0.15, 0.2) is 69.8 Å². The van der Waals surface area contributed by atoms with Gasteiger partial charge in [-0.05, 0) is 171 Å². The van der Waals surface area contributed by atoms with Crippen molar-refractivity contribution in [2.24, 2.45) is 91.2 Å². The lowest BCUT2D eigenvalue weighted by Crippen LogP contribution is -2.47. The van der Waals surface area contributed by atoms with Crippen LogP contribution in [0.1, 0.15) is 285 Å². The topological polar surface area (TPSA) is 220 Å². The number of fused-ring (bicyclic) bond motifs is 1. The van der Waals surface area contributed by atoms with Crippen LogP contribution in [-0.4, -0.2) is 120 Å². The van der Waals surface area contributed by atoms with Gasteiger partial charge in [-0.15, -0.1) is 11.3 Å². The van der Waals surface area contributed by atoms with E-state index in [0.29, 0.717) is 29.6 Å². The molecule has 2 fully saturated rings. The first-order valence-electron chi connectivity index (χ1n) is 39.6. The average Bonchev–Trinajstić information content (AvgIpc) is 1.61. The fraction of sp³-hybridized carbons (Fsp3) is 0.782. The van der Waals surface area contributed by atoms with Gasteiger partial charge in [-0.2, -0.15) is 0 Å². The summed E-state index contributed by atoms with van der Waals surface area (Å²) in [5, 5.41) is 38.2. The molecular weight excluding hydrogens is 1470 g/mol. The smallest absolute Gasteiger partial charge is 0.450 e. The predicted molar refractivity (Wildman–Crippen MR) is 466 cm³/mol. The van der Waals surface area contributed by atoms with Crippen molar-refractivity contribution in [3.63, 3.8) is 0 Å². The number of nitrogens with zero attached hydrogens (tertiary/aromatic N) is 3. The highest BCUT2D eigenvalue weighted by Gasteiger charge is 2.53. The maximum Gasteiger partial charge on any atom is 0.508 e. The van der Waals surface area contributed by atoms with Crippen LogP contribution >= 0.6 is 66.1 Å². The van der Waals surface area contributed by atoms with Crippen LogP contribution in [0, 0.1) is 98.1 Å². The van der Waals surface area contributed by atoms with Crippen molar-refractivity contribution in [1.82, 2.24) is 20.3 Å². The van der Waals surface area contributed by atoms with Crippen LogP contribution in [0.4, 0.5) is 9.59 Å². The summed E-state index contributed by atoms with van der Waals surface area (Å²) < 4.78 is 22.6. The third-order valence-corrected chi connectivity index (χ3v) is 27.8. The van der Waals surface area contributed by atoms with Crippen LogP contribution in [0.3, 0.4) is 0 Å². The summed E-state index contributed by atoms with van der Waals surface area (Å²) in [7, 11) is 6.39. The van der Waals surface area contributed by atoms with E-state index in [1.165, 1.54) is 0 Å². The molecule has 2 aliphatic rings. The number of thiazole rings is 1. The number of halogens is 1. The Bertz CT molecular complexity index is 2950. The van der Waals surface area contributed by atoms with Gasteiger partial charge in [0.1, 0.15) is 34.6 Å². The number of aliphatic hydroxyl groups excluding tert-OH is 3. The van der Waals surface area contributed by atoms with Crippen molar-refractivity contribution in [1.29, 1.82) is 0 Å². The second kappa shape index (κ2) is 49.8. The summed E-state index contributed by atoms with van der Waals surface area (Å²) in [6.45, 7) is 77.4. The van der Waals surface area contributed by atoms with Crippen LogP contribution in [-0.2, 0) is 28.5 Å². The Morgan fingerprint density at radius 1 is 0.685 bits per heavy atom. The van der Waals surface area contributed by atoms with E-state index in [9.17, 15) is 29.4 Å². The quantitative estimate of drug-likeness (QED) is 0.0288. The highest BCUT2D eigenvalue weighted by atomic mass is 35.5. The van der Waals surface area contributed by atoms with Crippen molar-refractivity contribution >= 4 is 95.5 Å². The summed E-state index contributed by atoms with van der Waals surface area (Å²) in [5.41, 5.74) is 0.805. The number of ether oxygens (including phenoxy) is 4. The van der Waals surface area contributed by atoms with E-state index in [1.54, 1.807) is 87.7 Å². The summed E-state index contributed by atoms with van der Waals surface area (Å²) >= 11 is 6.98. The summed E-state index contributed by atoms with van der Waals surface area (Å²) in [6.07, 6.45) is 5.61. The number of ketones is 1. The fourth-order valence-corrected chi connectivity index (χ4v) is 15.9. The van der Waals surface area contributed by atoms with Gasteiger partial charge in [0.15, 0.2) is 0 Å². The Hall–Kier alpha value is -2.92.